The molecule has 1 aromatic carbocycles. The highest BCUT2D eigenvalue weighted by Gasteiger charge is 2.20. The van der Waals surface area contributed by atoms with Crippen molar-refractivity contribution in [3.63, 3.8) is 0 Å². The number of aromatic nitrogens is 1. The molecular weight excluding hydrogens is 281 g/mol. The zero-order valence-electron chi connectivity index (χ0n) is 11.0. The first-order chi connectivity index (χ1) is 9.44. The lowest BCUT2D eigenvalue weighted by Gasteiger charge is -2.12. The maximum absolute atomic E-state index is 13.6. The number of halogens is 1. The van der Waals surface area contributed by atoms with E-state index in [0.717, 1.165) is 5.56 Å². The van der Waals surface area contributed by atoms with Gasteiger partial charge < -0.3 is 5.32 Å². The van der Waals surface area contributed by atoms with Crippen LogP contribution in [0.3, 0.4) is 0 Å². The Morgan fingerprint density at radius 3 is 2.65 bits per heavy atom. The Hall–Kier alpha value is -2.15. The van der Waals surface area contributed by atoms with E-state index in [4.69, 9.17) is 0 Å². The first-order valence-electron chi connectivity index (χ1n) is 5.85. The molecule has 1 heterocycles. The summed E-state index contributed by atoms with van der Waals surface area (Å²) in [7, 11) is -2.31. The second-order valence-corrected chi connectivity index (χ2v) is 5.86. The van der Waals surface area contributed by atoms with Crippen LogP contribution in [0, 0.1) is 12.7 Å². The lowest BCUT2D eigenvalue weighted by molar-refractivity contribution is 0.598. The van der Waals surface area contributed by atoms with Crippen molar-refractivity contribution in [2.24, 2.45) is 0 Å². The topological polar surface area (TPSA) is 71.1 Å². The van der Waals surface area contributed by atoms with E-state index in [1.54, 1.807) is 20.0 Å². The number of pyridine rings is 1. The maximum atomic E-state index is 13.6. The lowest BCUT2D eigenvalue weighted by Crippen LogP contribution is -2.16. The van der Waals surface area contributed by atoms with E-state index in [1.807, 2.05) is 0 Å². The molecule has 0 spiro atoms. The van der Waals surface area contributed by atoms with Gasteiger partial charge in [0.05, 0.1) is 11.4 Å². The summed E-state index contributed by atoms with van der Waals surface area (Å²) >= 11 is 0. The number of benzene rings is 1. The molecule has 106 valence electrons. The van der Waals surface area contributed by atoms with Gasteiger partial charge in [-0.1, -0.05) is 6.07 Å². The van der Waals surface area contributed by atoms with Crippen molar-refractivity contribution in [3.05, 3.63) is 48.0 Å². The Morgan fingerprint density at radius 1 is 1.20 bits per heavy atom. The van der Waals surface area contributed by atoms with Crippen molar-refractivity contribution < 1.29 is 12.8 Å². The molecule has 2 rings (SSSR count). The van der Waals surface area contributed by atoms with Crippen LogP contribution < -0.4 is 10.0 Å². The van der Waals surface area contributed by atoms with E-state index >= 15 is 0 Å². The molecule has 1 aromatic heterocycles. The Balaban J connectivity index is 2.43. The van der Waals surface area contributed by atoms with Crippen LogP contribution in [0.2, 0.25) is 0 Å². The van der Waals surface area contributed by atoms with Crippen molar-refractivity contribution in [2.75, 3.05) is 17.1 Å². The highest BCUT2D eigenvalue weighted by molar-refractivity contribution is 7.92. The van der Waals surface area contributed by atoms with E-state index in [2.05, 4.69) is 15.0 Å². The zero-order valence-corrected chi connectivity index (χ0v) is 11.8. The average molecular weight is 295 g/mol. The van der Waals surface area contributed by atoms with Gasteiger partial charge in [-0.15, -0.1) is 0 Å². The smallest absolute Gasteiger partial charge is 0.265 e. The fourth-order valence-electron chi connectivity index (χ4n) is 1.72. The molecule has 0 radical (unpaired) electrons. The molecule has 0 aliphatic rings. The molecule has 0 aliphatic carbocycles. The number of hydrogen-bond acceptors (Lipinski definition) is 4. The minimum atomic E-state index is -3.91. The quantitative estimate of drug-likeness (QED) is 0.908. The van der Waals surface area contributed by atoms with Crippen molar-refractivity contribution in [1.82, 2.24) is 4.98 Å². The molecule has 5 nitrogen and oxygen atoms in total. The molecule has 0 fully saturated rings. The molecule has 0 unspecified atom stereocenters. The first kappa shape index (κ1) is 14.3. The van der Waals surface area contributed by atoms with Gasteiger partial charge in [-0.3, -0.25) is 9.71 Å². The summed E-state index contributed by atoms with van der Waals surface area (Å²) in [6.07, 6.45) is 2.68. The predicted molar refractivity (Wildman–Crippen MR) is 75.7 cm³/mol. The van der Waals surface area contributed by atoms with E-state index in [0.29, 0.717) is 5.69 Å². The Kier molecular flexibility index (Phi) is 3.89. The van der Waals surface area contributed by atoms with Crippen LogP contribution in [-0.4, -0.2) is 20.4 Å². The van der Waals surface area contributed by atoms with Crippen LogP contribution in [0.5, 0.6) is 0 Å². The van der Waals surface area contributed by atoms with Crippen LogP contribution in [-0.2, 0) is 10.0 Å². The Labute approximate surface area is 116 Å². The summed E-state index contributed by atoms with van der Waals surface area (Å²) in [5, 5.41) is 2.76. The SMILES string of the molecule is CNc1ccncc1S(=O)(=O)Nc1cc(C)ccc1F. The van der Waals surface area contributed by atoms with Gasteiger partial charge in [0.25, 0.3) is 10.0 Å². The molecule has 0 bridgehead atoms. The first-order valence-corrected chi connectivity index (χ1v) is 7.33. The monoisotopic (exact) mass is 295 g/mol. The predicted octanol–water partition coefficient (Wildman–Crippen LogP) is 2.37. The van der Waals surface area contributed by atoms with E-state index < -0.39 is 15.8 Å². The fourth-order valence-corrected chi connectivity index (χ4v) is 2.93. The van der Waals surface area contributed by atoms with Crippen molar-refractivity contribution in [2.45, 2.75) is 11.8 Å². The second kappa shape index (κ2) is 5.46. The summed E-state index contributed by atoms with van der Waals surface area (Å²) in [6.45, 7) is 1.75. The molecule has 2 aromatic rings. The van der Waals surface area contributed by atoms with E-state index in [9.17, 15) is 12.8 Å². The van der Waals surface area contributed by atoms with Crippen molar-refractivity contribution in [3.8, 4) is 0 Å². The number of anilines is 2. The molecule has 2 N–H and O–H groups in total. The standard InChI is InChI=1S/C13H14FN3O2S/c1-9-3-4-10(14)12(7-9)17-20(18,19)13-8-16-6-5-11(13)15-2/h3-8,17H,1-2H3,(H,15,16). The van der Waals surface area contributed by atoms with Crippen LogP contribution in [0.15, 0.2) is 41.6 Å². The summed E-state index contributed by atoms with van der Waals surface area (Å²) < 4.78 is 40.4. The van der Waals surface area contributed by atoms with E-state index in [1.165, 1.54) is 30.6 Å². The van der Waals surface area contributed by atoms with Gasteiger partial charge in [-0.2, -0.15) is 0 Å². The molecule has 0 aliphatic heterocycles. The van der Waals surface area contributed by atoms with Crippen molar-refractivity contribution >= 4 is 21.4 Å². The molecule has 0 atom stereocenters. The Morgan fingerprint density at radius 2 is 1.95 bits per heavy atom. The second-order valence-electron chi connectivity index (χ2n) is 4.21. The van der Waals surface area contributed by atoms with Crippen LogP contribution in [0.1, 0.15) is 5.56 Å². The number of nitrogens with one attached hydrogen (secondary N) is 2. The van der Waals surface area contributed by atoms with Gasteiger partial charge in [0.15, 0.2) is 0 Å². The van der Waals surface area contributed by atoms with Gasteiger partial charge in [-0.25, -0.2) is 12.8 Å². The molecule has 0 saturated heterocycles. The van der Waals surface area contributed by atoms with Gasteiger partial charge in [0.1, 0.15) is 10.7 Å². The Bertz CT molecular complexity index is 732. The zero-order chi connectivity index (χ0) is 14.8. The summed E-state index contributed by atoms with van der Waals surface area (Å²) in [4.78, 5) is 3.75. The summed E-state index contributed by atoms with van der Waals surface area (Å²) in [5.74, 6) is -0.630. The highest BCUT2D eigenvalue weighted by Crippen LogP contribution is 2.24. The number of nitrogens with zero attached hydrogens (tertiary/aromatic N) is 1. The van der Waals surface area contributed by atoms with Gasteiger partial charge >= 0.3 is 0 Å². The van der Waals surface area contributed by atoms with Crippen molar-refractivity contribution in [1.29, 1.82) is 0 Å². The number of sulfonamides is 1. The molecule has 0 saturated carbocycles. The van der Waals surface area contributed by atoms with Crippen LogP contribution in [0.4, 0.5) is 15.8 Å². The third-order valence-corrected chi connectivity index (χ3v) is 4.10. The third kappa shape index (κ3) is 2.88. The van der Waals surface area contributed by atoms with Gasteiger partial charge in [0, 0.05) is 19.4 Å². The van der Waals surface area contributed by atoms with E-state index in [-0.39, 0.29) is 10.6 Å². The molecular formula is C13H14FN3O2S. The number of hydrogen-bond donors (Lipinski definition) is 2. The largest absolute Gasteiger partial charge is 0.387 e. The third-order valence-electron chi connectivity index (χ3n) is 2.71. The summed E-state index contributed by atoms with van der Waals surface area (Å²) in [5.41, 5.74) is 1.06. The van der Waals surface area contributed by atoms with Crippen LogP contribution in [0.25, 0.3) is 0 Å². The maximum Gasteiger partial charge on any atom is 0.265 e. The highest BCUT2D eigenvalue weighted by atomic mass is 32.2. The number of aryl methyl sites for hydroxylation is 1. The molecule has 20 heavy (non-hydrogen) atoms. The average Bonchev–Trinajstić information content (AvgIpc) is 2.42. The normalized spacial score (nSPS) is 11.2. The molecule has 0 amide bonds. The van der Waals surface area contributed by atoms with Gasteiger partial charge in [0.2, 0.25) is 0 Å². The minimum absolute atomic E-state index is 0.0385. The van der Waals surface area contributed by atoms with Crippen LogP contribution >= 0.6 is 0 Å². The lowest BCUT2D eigenvalue weighted by atomic mass is 10.2. The fraction of sp³-hybridized carbons (Fsp3) is 0.154. The summed E-state index contributed by atoms with van der Waals surface area (Å²) in [6, 6.07) is 5.75. The minimum Gasteiger partial charge on any atom is -0.387 e. The van der Waals surface area contributed by atoms with Gasteiger partial charge in [-0.05, 0) is 30.7 Å². The molecule has 7 heteroatoms. The number of rotatable bonds is 4.